The SMILES string of the molecule is NOC(=O)CCC1CC(=O)O1. The molecule has 1 aliphatic heterocycles. The highest BCUT2D eigenvalue weighted by molar-refractivity contribution is 5.75. The first-order valence-corrected chi connectivity index (χ1v) is 3.31. The van der Waals surface area contributed by atoms with Crippen LogP contribution in [0.3, 0.4) is 0 Å². The molecule has 1 rings (SSSR count). The molecule has 11 heavy (non-hydrogen) atoms. The van der Waals surface area contributed by atoms with Gasteiger partial charge < -0.3 is 9.57 Å². The van der Waals surface area contributed by atoms with E-state index in [4.69, 9.17) is 0 Å². The van der Waals surface area contributed by atoms with Gasteiger partial charge in [0, 0.05) is 0 Å². The Morgan fingerprint density at radius 3 is 2.91 bits per heavy atom. The number of nitrogens with two attached hydrogens (primary N) is 1. The highest BCUT2D eigenvalue weighted by Gasteiger charge is 2.28. The minimum Gasteiger partial charge on any atom is -0.462 e. The van der Waals surface area contributed by atoms with Crippen molar-refractivity contribution in [3.63, 3.8) is 0 Å². The third kappa shape index (κ3) is 2.19. The highest BCUT2D eigenvalue weighted by atomic mass is 16.7. The standard InChI is InChI=1S/C6H9NO4/c7-11-5(8)2-1-4-3-6(9)10-4/h4H,1-3,7H2. The number of cyclic esters (lactones) is 1. The summed E-state index contributed by atoms with van der Waals surface area (Å²) in [6.45, 7) is 0. The van der Waals surface area contributed by atoms with E-state index in [0.29, 0.717) is 12.8 Å². The average molecular weight is 159 g/mol. The summed E-state index contributed by atoms with van der Waals surface area (Å²) in [4.78, 5) is 24.6. The van der Waals surface area contributed by atoms with Gasteiger partial charge in [-0.25, -0.2) is 0 Å². The molecule has 0 aromatic rings. The molecule has 1 aliphatic rings. The summed E-state index contributed by atoms with van der Waals surface area (Å²) in [5, 5.41) is 0. The molecule has 0 radical (unpaired) electrons. The van der Waals surface area contributed by atoms with Crippen LogP contribution in [0.5, 0.6) is 0 Å². The number of hydrogen-bond acceptors (Lipinski definition) is 5. The summed E-state index contributed by atoms with van der Waals surface area (Å²) in [5.41, 5.74) is 0. The summed E-state index contributed by atoms with van der Waals surface area (Å²) >= 11 is 0. The maximum absolute atomic E-state index is 10.5. The quantitative estimate of drug-likeness (QED) is 0.443. The molecule has 0 bridgehead atoms. The summed E-state index contributed by atoms with van der Waals surface area (Å²) in [6.07, 6.45) is 0.996. The van der Waals surface area contributed by atoms with Gasteiger partial charge in [0.1, 0.15) is 6.10 Å². The van der Waals surface area contributed by atoms with Crippen LogP contribution in [-0.2, 0) is 19.2 Å². The molecule has 0 spiro atoms. The van der Waals surface area contributed by atoms with E-state index in [-0.39, 0.29) is 18.5 Å². The lowest BCUT2D eigenvalue weighted by Gasteiger charge is -2.24. The first-order valence-electron chi connectivity index (χ1n) is 3.31. The van der Waals surface area contributed by atoms with Crippen molar-refractivity contribution in [1.82, 2.24) is 0 Å². The van der Waals surface area contributed by atoms with E-state index in [1.54, 1.807) is 0 Å². The molecular formula is C6H9NO4. The Kier molecular flexibility index (Phi) is 2.43. The smallest absolute Gasteiger partial charge is 0.324 e. The summed E-state index contributed by atoms with van der Waals surface area (Å²) in [6, 6.07) is 0. The van der Waals surface area contributed by atoms with Gasteiger partial charge in [0.15, 0.2) is 0 Å². The van der Waals surface area contributed by atoms with Gasteiger partial charge in [0.25, 0.3) is 0 Å². The largest absolute Gasteiger partial charge is 0.462 e. The van der Waals surface area contributed by atoms with E-state index in [1.807, 2.05) is 0 Å². The number of carbonyl (C=O) groups is 2. The first kappa shape index (κ1) is 8.00. The number of carbonyl (C=O) groups excluding carboxylic acids is 2. The highest BCUT2D eigenvalue weighted by Crippen LogP contribution is 2.17. The molecule has 62 valence electrons. The van der Waals surface area contributed by atoms with E-state index in [9.17, 15) is 9.59 Å². The van der Waals surface area contributed by atoms with E-state index in [2.05, 4.69) is 15.5 Å². The van der Waals surface area contributed by atoms with Gasteiger partial charge in [0.2, 0.25) is 0 Å². The molecule has 0 saturated carbocycles. The van der Waals surface area contributed by atoms with Crippen molar-refractivity contribution < 1.29 is 19.2 Å². The van der Waals surface area contributed by atoms with E-state index < -0.39 is 5.97 Å². The molecule has 0 aliphatic carbocycles. The van der Waals surface area contributed by atoms with E-state index >= 15 is 0 Å². The molecular weight excluding hydrogens is 150 g/mol. The lowest BCUT2D eigenvalue weighted by atomic mass is 10.1. The third-order valence-corrected chi connectivity index (χ3v) is 1.49. The average Bonchev–Trinajstić information content (AvgIpc) is 1.95. The van der Waals surface area contributed by atoms with Crippen molar-refractivity contribution in [2.45, 2.75) is 25.4 Å². The van der Waals surface area contributed by atoms with Gasteiger partial charge >= 0.3 is 11.9 Å². The Balaban J connectivity index is 2.04. The van der Waals surface area contributed by atoms with Crippen LogP contribution in [0, 0.1) is 0 Å². The van der Waals surface area contributed by atoms with Gasteiger partial charge in [-0.05, 0) is 6.42 Å². The van der Waals surface area contributed by atoms with Crippen molar-refractivity contribution in [3.05, 3.63) is 0 Å². The molecule has 0 aromatic carbocycles. The van der Waals surface area contributed by atoms with Crippen LogP contribution in [-0.4, -0.2) is 18.0 Å². The lowest BCUT2D eigenvalue weighted by molar-refractivity contribution is -0.171. The van der Waals surface area contributed by atoms with Crippen molar-refractivity contribution in [3.8, 4) is 0 Å². The van der Waals surface area contributed by atoms with Crippen LogP contribution in [0.4, 0.5) is 0 Å². The van der Waals surface area contributed by atoms with Gasteiger partial charge in [-0.2, -0.15) is 5.90 Å². The van der Waals surface area contributed by atoms with Gasteiger partial charge in [-0.3, -0.25) is 9.59 Å². The Bertz CT molecular complexity index is 171. The first-order chi connectivity index (χ1) is 5.22. The fourth-order valence-electron chi connectivity index (χ4n) is 0.861. The second-order valence-corrected chi connectivity index (χ2v) is 2.34. The summed E-state index contributed by atoms with van der Waals surface area (Å²) in [7, 11) is 0. The van der Waals surface area contributed by atoms with E-state index in [1.165, 1.54) is 0 Å². The normalized spacial score (nSPS) is 21.9. The minimum absolute atomic E-state index is 0.110. The van der Waals surface area contributed by atoms with E-state index in [0.717, 1.165) is 0 Å². The van der Waals surface area contributed by atoms with Crippen LogP contribution < -0.4 is 5.90 Å². The second kappa shape index (κ2) is 3.34. The summed E-state index contributed by atoms with van der Waals surface area (Å²) < 4.78 is 4.65. The number of hydrogen-bond donors (Lipinski definition) is 1. The van der Waals surface area contributed by atoms with Crippen LogP contribution in [0.15, 0.2) is 0 Å². The van der Waals surface area contributed by atoms with Crippen molar-refractivity contribution in [2.75, 3.05) is 0 Å². The molecule has 5 heteroatoms. The number of esters is 1. The molecule has 1 heterocycles. The zero-order chi connectivity index (χ0) is 8.27. The molecule has 1 unspecified atom stereocenters. The molecule has 1 saturated heterocycles. The molecule has 1 fully saturated rings. The predicted octanol–water partition coefficient (Wildman–Crippen LogP) is -0.501. The zero-order valence-electron chi connectivity index (χ0n) is 5.91. The minimum atomic E-state index is -0.479. The van der Waals surface area contributed by atoms with Crippen molar-refractivity contribution in [1.29, 1.82) is 0 Å². The van der Waals surface area contributed by atoms with Crippen LogP contribution in [0.1, 0.15) is 19.3 Å². The van der Waals surface area contributed by atoms with Gasteiger partial charge in [-0.1, -0.05) is 0 Å². The fraction of sp³-hybridized carbons (Fsp3) is 0.667. The second-order valence-electron chi connectivity index (χ2n) is 2.34. The Hall–Kier alpha value is -1.10. The summed E-state index contributed by atoms with van der Waals surface area (Å²) in [5.74, 6) is 3.90. The number of rotatable bonds is 3. The zero-order valence-corrected chi connectivity index (χ0v) is 5.91. The molecule has 0 amide bonds. The van der Waals surface area contributed by atoms with Crippen molar-refractivity contribution in [2.24, 2.45) is 5.90 Å². The molecule has 0 aromatic heterocycles. The van der Waals surface area contributed by atoms with Crippen LogP contribution in [0.25, 0.3) is 0 Å². The monoisotopic (exact) mass is 159 g/mol. The fourth-order valence-corrected chi connectivity index (χ4v) is 0.861. The topological polar surface area (TPSA) is 78.6 Å². The predicted molar refractivity (Wildman–Crippen MR) is 34.0 cm³/mol. The van der Waals surface area contributed by atoms with Gasteiger partial charge in [-0.15, -0.1) is 0 Å². The Labute approximate surface area is 63.4 Å². The van der Waals surface area contributed by atoms with Crippen LogP contribution >= 0.6 is 0 Å². The van der Waals surface area contributed by atoms with Crippen LogP contribution in [0.2, 0.25) is 0 Å². The third-order valence-electron chi connectivity index (χ3n) is 1.49. The molecule has 1 atom stereocenters. The maximum Gasteiger partial charge on any atom is 0.324 e. The Morgan fingerprint density at radius 1 is 1.82 bits per heavy atom. The maximum atomic E-state index is 10.5. The molecule has 5 nitrogen and oxygen atoms in total. The Morgan fingerprint density at radius 2 is 2.45 bits per heavy atom. The number of ether oxygens (including phenoxy) is 1. The molecule has 2 N–H and O–H groups in total. The van der Waals surface area contributed by atoms with Gasteiger partial charge in [0.05, 0.1) is 12.8 Å². The van der Waals surface area contributed by atoms with Crippen molar-refractivity contribution >= 4 is 11.9 Å². The lowest BCUT2D eigenvalue weighted by Crippen LogP contribution is -2.33.